The van der Waals surface area contributed by atoms with Gasteiger partial charge in [0.1, 0.15) is 12.4 Å². The van der Waals surface area contributed by atoms with Crippen molar-refractivity contribution in [2.24, 2.45) is 0 Å². The first-order chi connectivity index (χ1) is 16.9. The fourth-order valence-corrected chi connectivity index (χ4v) is 4.17. The molecule has 1 amide bonds. The Morgan fingerprint density at radius 2 is 2.00 bits per heavy atom. The van der Waals surface area contributed by atoms with Crippen LogP contribution in [0.5, 0.6) is 17.4 Å². The van der Waals surface area contributed by atoms with E-state index in [0.29, 0.717) is 48.1 Å². The maximum Gasteiger partial charge on any atom is 0.246 e. The van der Waals surface area contributed by atoms with Gasteiger partial charge in [-0.2, -0.15) is 0 Å². The zero-order valence-electron chi connectivity index (χ0n) is 20.3. The SMILES string of the molecule is Cc1ccc(COc2ccc(Oc3c(C)cc(C=CC(=O)N4CCN[C@@H](C)C4)cc3Cl)nc2)cc1. The van der Waals surface area contributed by atoms with Gasteiger partial charge in [-0.15, -0.1) is 0 Å². The number of halogens is 1. The van der Waals surface area contributed by atoms with Crippen LogP contribution in [0.15, 0.2) is 60.8 Å². The third-order valence-corrected chi connectivity index (χ3v) is 6.07. The molecule has 1 fully saturated rings. The summed E-state index contributed by atoms with van der Waals surface area (Å²) in [4.78, 5) is 18.7. The van der Waals surface area contributed by atoms with Gasteiger partial charge in [-0.05, 0) is 61.7 Å². The summed E-state index contributed by atoms with van der Waals surface area (Å²) in [6.07, 6.45) is 5.02. The fraction of sp³-hybridized carbons (Fsp3) is 0.286. The molecule has 1 aliphatic heterocycles. The van der Waals surface area contributed by atoms with Crippen LogP contribution in [0.3, 0.4) is 0 Å². The van der Waals surface area contributed by atoms with E-state index in [0.717, 1.165) is 23.2 Å². The average Bonchev–Trinajstić information content (AvgIpc) is 2.85. The maximum absolute atomic E-state index is 12.5. The van der Waals surface area contributed by atoms with Crippen molar-refractivity contribution in [1.82, 2.24) is 15.2 Å². The number of nitrogens with one attached hydrogen (secondary N) is 1. The van der Waals surface area contributed by atoms with Crippen molar-refractivity contribution in [3.63, 3.8) is 0 Å². The summed E-state index contributed by atoms with van der Waals surface area (Å²) in [5.74, 6) is 1.61. The Labute approximate surface area is 211 Å². The van der Waals surface area contributed by atoms with E-state index in [1.165, 1.54) is 5.56 Å². The summed E-state index contributed by atoms with van der Waals surface area (Å²) in [5, 5.41) is 3.79. The molecule has 0 aliphatic carbocycles. The Morgan fingerprint density at radius 3 is 2.69 bits per heavy atom. The minimum atomic E-state index is 0.00124. The van der Waals surface area contributed by atoms with Crippen molar-refractivity contribution in [2.75, 3.05) is 19.6 Å². The molecule has 35 heavy (non-hydrogen) atoms. The standard InChI is InChI=1S/C28H30ClN3O3/c1-19-4-6-22(7-5-19)18-34-24-9-10-26(31-16-24)35-28-20(2)14-23(15-25(28)29)8-11-27(33)32-13-12-30-21(3)17-32/h4-11,14-16,21,30H,12-13,17-18H2,1-3H3/t21-/m0/s1. The molecule has 1 aliphatic rings. The summed E-state index contributed by atoms with van der Waals surface area (Å²) in [6.45, 7) is 8.75. The van der Waals surface area contributed by atoms with Gasteiger partial charge in [0.2, 0.25) is 11.8 Å². The fourth-order valence-electron chi connectivity index (χ4n) is 3.86. The number of rotatable bonds is 7. The van der Waals surface area contributed by atoms with E-state index < -0.39 is 0 Å². The van der Waals surface area contributed by atoms with E-state index in [1.807, 2.05) is 36.1 Å². The molecule has 3 aromatic rings. The lowest BCUT2D eigenvalue weighted by molar-refractivity contribution is -0.127. The predicted octanol–water partition coefficient (Wildman–Crippen LogP) is 5.56. The largest absolute Gasteiger partial charge is 0.487 e. The Kier molecular flexibility index (Phi) is 8.06. The molecule has 2 aromatic carbocycles. The number of aryl methyl sites for hydroxylation is 2. The van der Waals surface area contributed by atoms with E-state index >= 15 is 0 Å². The van der Waals surface area contributed by atoms with Crippen LogP contribution in [0.2, 0.25) is 5.02 Å². The van der Waals surface area contributed by atoms with Gasteiger partial charge in [-0.25, -0.2) is 4.98 Å². The van der Waals surface area contributed by atoms with E-state index in [9.17, 15) is 4.79 Å². The molecule has 1 saturated heterocycles. The first-order valence-corrected chi connectivity index (χ1v) is 12.1. The van der Waals surface area contributed by atoms with E-state index in [1.54, 1.807) is 30.5 Å². The Hall–Kier alpha value is -3.35. The number of nitrogens with zero attached hydrogens (tertiary/aromatic N) is 2. The van der Waals surface area contributed by atoms with Crippen LogP contribution in [0.4, 0.5) is 0 Å². The van der Waals surface area contributed by atoms with Gasteiger partial charge in [-0.1, -0.05) is 41.4 Å². The van der Waals surface area contributed by atoms with Crippen LogP contribution < -0.4 is 14.8 Å². The Balaban J connectivity index is 1.36. The molecule has 4 rings (SSSR count). The number of amides is 1. The lowest BCUT2D eigenvalue weighted by Crippen LogP contribution is -2.50. The third kappa shape index (κ3) is 6.84. The summed E-state index contributed by atoms with van der Waals surface area (Å²) in [5.41, 5.74) is 4.00. The van der Waals surface area contributed by atoms with Crippen molar-refractivity contribution in [1.29, 1.82) is 0 Å². The third-order valence-electron chi connectivity index (χ3n) is 5.79. The quantitative estimate of drug-likeness (QED) is 0.438. The molecule has 6 nitrogen and oxygen atoms in total. The number of benzene rings is 2. The number of pyridine rings is 1. The Bertz CT molecular complexity index is 1170. The molecule has 1 aromatic heterocycles. The van der Waals surface area contributed by atoms with Crippen molar-refractivity contribution in [3.8, 4) is 17.4 Å². The van der Waals surface area contributed by atoms with Crippen LogP contribution in [-0.2, 0) is 11.4 Å². The summed E-state index contributed by atoms with van der Waals surface area (Å²) in [6, 6.07) is 15.8. The molecule has 182 valence electrons. The molecule has 0 unspecified atom stereocenters. The minimum absolute atomic E-state index is 0.00124. The molecule has 7 heteroatoms. The highest BCUT2D eigenvalue weighted by atomic mass is 35.5. The number of carbonyl (C=O) groups excluding carboxylic acids is 1. The highest BCUT2D eigenvalue weighted by Crippen LogP contribution is 2.34. The van der Waals surface area contributed by atoms with Gasteiger partial charge < -0.3 is 19.7 Å². The first kappa shape index (κ1) is 24.8. The van der Waals surface area contributed by atoms with Crippen molar-refractivity contribution in [3.05, 3.63) is 88.1 Å². The molecule has 2 heterocycles. The molecular formula is C28H30ClN3O3. The molecule has 1 atom stereocenters. The zero-order chi connectivity index (χ0) is 24.8. The van der Waals surface area contributed by atoms with Gasteiger partial charge in [0.15, 0.2) is 5.75 Å². The number of hydrogen-bond acceptors (Lipinski definition) is 5. The molecule has 0 spiro atoms. The topological polar surface area (TPSA) is 63.7 Å². The summed E-state index contributed by atoms with van der Waals surface area (Å²) in [7, 11) is 0. The number of carbonyl (C=O) groups is 1. The van der Waals surface area contributed by atoms with Crippen LogP contribution in [0.1, 0.15) is 29.2 Å². The normalized spacial score (nSPS) is 15.9. The van der Waals surface area contributed by atoms with E-state index in [2.05, 4.69) is 36.3 Å². The highest BCUT2D eigenvalue weighted by molar-refractivity contribution is 6.32. The van der Waals surface area contributed by atoms with Crippen LogP contribution in [0, 0.1) is 13.8 Å². The number of piperazine rings is 1. The number of ether oxygens (including phenoxy) is 2. The lowest BCUT2D eigenvalue weighted by atomic mass is 10.1. The van der Waals surface area contributed by atoms with Gasteiger partial charge in [0, 0.05) is 37.8 Å². The van der Waals surface area contributed by atoms with E-state index in [-0.39, 0.29) is 5.91 Å². The van der Waals surface area contributed by atoms with Crippen LogP contribution in [-0.4, -0.2) is 41.5 Å². The Morgan fingerprint density at radius 1 is 1.20 bits per heavy atom. The monoisotopic (exact) mass is 491 g/mol. The molecule has 1 N–H and O–H groups in total. The number of aromatic nitrogens is 1. The van der Waals surface area contributed by atoms with Crippen molar-refractivity contribution < 1.29 is 14.3 Å². The number of hydrogen-bond donors (Lipinski definition) is 1. The predicted molar refractivity (Wildman–Crippen MR) is 139 cm³/mol. The molecular weight excluding hydrogens is 462 g/mol. The van der Waals surface area contributed by atoms with Gasteiger partial charge in [0.25, 0.3) is 0 Å². The highest BCUT2D eigenvalue weighted by Gasteiger charge is 2.18. The molecule has 0 saturated carbocycles. The van der Waals surface area contributed by atoms with Crippen LogP contribution >= 0.6 is 11.6 Å². The van der Waals surface area contributed by atoms with Gasteiger partial charge >= 0.3 is 0 Å². The second kappa shape index (κ2) is 11.4. The second-order valence-electron chi connectivity index (χ2n) is 8.83. The first-order valence-electron chi connectivity index (χ1n) is 11.7. The van der Waals surface area contributed by atoms with Gasteiger partial charge in [-0.3, -0.25) is 4.79 Å². The smallest absolute Gasteiger partial charge is 0.246 e. The van der Waals surface area contributed by atoms with Crippen LogP contribution in [0.25, 0.3) is 6.08 Å². The molecule has 0 bridgehead atoms. The average molecular weight is 492 g/mol. The van der Waals surface area contributed by atoms with Crippen molar-refractivity contribution >= 4 is 23.6 Å². The summed E-state index contributed by atoms with van der Waals surface area (Å²) >= 11 is 6.51. The zero-order valence-corrected chi connectivity index (χ0v) is 21.0. The molecule has 0 radical (unpaired) electrons. The summed E-state index contributed by atoms with van der Waals surface area (Å²) < 4.78 is 11.8. The minimum Gasteiger partial charge on any atom is -0.487 e. The maximum atomic E-state index is 12.5. The second-order valence-corrected chi connectivity index (χ2v) is 9.24. The van der Waals surface area contributed by atoms with Gasteiger partial charge in [0.05, 0.1) is 11.2 Å². The van der Waals surface area contributed by atoms with Crippen molar-refractivity contribution in [2.45, 2.75) is 33.4 Å². The van der Waals surface area contributed by atoms with E-state index in [4.69, 9.17) is 21.1 Å². The lowest BCUT2D eigenvalue weighted by Gasteiger charge is -2.31.